The first-order valence-electron chi connectivity index (χ1n) is 16.3. The molecule has 0 heterocycles. The number of carbonyl (C=O) groups is 3. The standard InChI is InChI=1S/C33H56F3N3O8/c1-25(2)26(3)43-19-15-38-29(41)45-17-11-9-7-8-10-16-44-28(40)12-14-37-23-32(6)21-27(20-31(4,5)22-32)39-30(42)46-24-33(35,36)47-18-13-34/h27,37H,1,3,7-24H2,2,4-6H3,(H,38,41)(H,39,42). The minimum atomic E-state index is -3.76. The highest BCUT2D eigenvalue weighted by molar-refractivity contribution is 5.69. The lowest BCUT2D eigenvalue weighted by molar-refractivity contribution is -0.257. The molecule has 1 aliphatic carbocycles. The first-order chi connectivity index (χ1) is 22.1. The average Bonchev–Trinajstić information content (AvgIpc) is 2.97. The molecule has 2 amide bonds. The van der Waals surface area contributed by atoms with Crippen molar-refractivity contribution in [3.8, 4) is 0 Å². The Morgan fingerprint density at radius 2 is 1.51 bits per heavy atom. The zero-order valence-corrected chi connectivity index (χ0v) is 28.6. The Kier molecular flexibility index (Phi) is 19.5. The smallest absolute Gasteiger partial charge is 0.407 e. The number of alkyl carbamates (subject to hydrolysis) is 2. The average molecular weight is 680 g/mol. The van der Waals surface area contributed by atoms with Crippen LogP contribution in [0.15, 0.2) is 24.5 Å². The monoisotopic (exact) mass is 679 g/mol. The van der Waals surface area contributed by atoms with Crippen LogP contribution in [-0.4, -0.2) is 89.6 Å². The molecule has 3 N–H and O–H groups in total. The van der Waals surface area contributed by atoms with E-state index in [9.17, 15) is 27.6 Å². The molecule has 272 valence electrons. The van der Waals surface area contributed by atoms with Crippen molar-refractivity contribution in [2.75, 3.05) is 59.3 Å². The van der Waals surface area contributed by atoms with Crippen molar-refractivity contribution in [3.63, 3.8) is 0 Å². The zero-order valence-electron chi connectivity index (χ0n) is 28.6. The van der Waals surface area contributed by atoms with E-state index < -0.39 is 38.2 Å². The van der Waals surface area contributed by atoms with Gasteiger partial charge in [-0.2, -0.15) is 8.78 Å². The molecule has 0 radical (unpaired) electrons. The Hall–Kier alpha value is -3.00. The Bertz CT molecular complexity index is 998. The van der Waals surface area contributed by atoms with Gasteiger partial charge in [0.2, 0.25) is 0 Å². The summed E-state index contributed by atoms with van der Waals surface area (Å²) in [6, 6.07) is -0.292. The number of esters is 1. The summed E-state index contributed by atoms with van der Waals surface area (Å²) >= 11 is 0. The van der Waals surface area contributed by atoms with E-state index in [-0.39, 0.29) is 29.3 Å². The number of carbonyl (C=O) groups excluding carboxylic acids is 3. The number of rotatable bonds is 24. The molecule has 47 heavy (non-hydrogen) atoms. The van der Waals surface area contributed by atoms with Crippen LogP contribution in [0.3, 0.4) is 0 Å². The fourth-order valence-corrected chi connectivity index (χ4v) is 5.70. The number of unbranched alkanes of at least 4 members (excludes halogenated alkanes) is 4. The maximum atomic E-state index is 13.5. The van der Waals surface area contributed by atoms with E-state index in [0.717, 1.165) is 44.1 Å². The summed E-state index contributed by atoms with van der Waals surface area (Å²) in [7, 11) is 0. The molecule has 0 saturated heterocycles. The zero-order chi connectivity index (χ0) is 35.3. The molecule has 2 unspecified atom stereocenters. The van der Waals surface area contributed by atoms with Gasteiger partial charge in [-0.05, 0) is 55.4 Å². The Balaban J connectivity index is 2.15. The van der Waals surface area contributed by atoms with Crippen molar-refractivity contribution in [2.45, 2.75) is 97.6 Å². The lowest BCUT2D eigenvalue weighted by Crippen LogP contribution is -2.50. The molecule has 14 heteroatoms. The summed E-state index contributed by atoms with van der Waals surface area (Å²) in [5, 5.41) is 8.60. The number of hydrogen-bond donors (Lipinski definition) is 3. The van der Waals surface area contributed by atoms with Crippen LogP contribution in [0, 0.1) is 10.8 Å². The van der Waals surface area contributed by atoms with Crippen LogP contribution in [0.4, 0.5) is 22.8 Å². The quantitative estimate of drug-likeness (QED) is 0.0360. The minimum Gasteiger partial charge on any atom is -0.492 e. The molecule has 2 atom stereocenters. The third-order valence-electron chi connectivity index (χ3n) is 7.49. The summed E-state index contributed by atoms with van der Waals surface area (Å²) in [4.78, 5) is 36.0. The molecule has 0 spiro atoms. The molecule has 0 aromatic heterocycles. The molecular weight excluding hydrogens is 623 g/mol. The summed E-state index contributed by atoms with van der Waals surface area (Å²) in [6.07, 6.45) is 1.33. The van der Waals surface area contributed by atoms with Gasteiger partial charge in [0, 0.05) is 19.1 Å². The Morgan fingerprint density at radius 3 is 2.17 bits per heavy atom. The van der Waals surface area contributed by atoms with Crippen molar-refractivity contribution >= 4 is 18.2 Å². The van der Waals surface area contributed by atoms with Gasteiger partial charge in [-0.1, -0.05) is 53.2 Å². The highest BCUT2D eigenvalue weighted by Gasteiger charge is 2.42. The van der Waals surface area contributed by atoms with Gasteiger partial charge in [-0.25, -0.2) is 14.0 Å². The van der Waals surface area contributed by atoms with E-state index >= 15 is 0 Å². The lowest BCUT2D eigenvalue weighted by Gasteiger charge is -2.47. The largest absolute Gasteiger partial charge is 0.492 e. The van der Waals surface area contributed by atoms with E-state index in [1.165, 1.54) is 0 Å². The van der Waals surface area contributed by atoms with Crippen molar-refractivity contribution in [1.82, 2.24) is 16.0 Å². The molecule has 11 nitrogen and oxygen atoms in total. The predicted octanol–water partition coefficient (Wildman–Crippen LogP) is 6.18. The van der Waals surface area contributed by atoms with Crippen LogP contribution in [0.2, 0.25) is 0 Å². The van der Waals surface area contributed by atoms with Crippen LogP contribution in [0.25, 0.3) is 0 Å². The second kappa shape index (κ2) is 21.8. The molecule has 1 aliphatic rings. The van der Waals surface area contributed by atoms with Crippen LogP contribution in [0.5, 0.6) is 0 Å². The van der Waals surface area contributed by atoms with E-state index in [1.54, 1.807) is 6.92 Å². The fraction of sp³-hybridized carbons (Fsp3) is 0.788. The van der Waals surface area contributed by atoms with E-state index in [2.05, 4.69) is 59.4 Å². The van der Waals surface area contributed by atoms with Crippen LogP contribution in [-0.2, 0) is 28.5 Å². The summed E-state index contributed by atoms with van der Waals surface area (Å²) in [6.45, 7) is 14.6. The van der Waals surface area contributed by atoms with Crippen molar-refractivity contribution in [1.29, 1.82) is 0 Å². The van der Waals surface area contributed by atoms with E-state index in [4.69, 9.17) is 14.2 Å². The number of nitrogens with one attached hydrogen (secondary N) is 3. The first kappa shape index (κ1) is 42.0. The fourth-order valence-electron chi connectivity index (χ4n) is 5.70. The molecule has 1 fully saturated rings. The van der Waals surface area contributed by atoms with Crippen LogP contribution in [0.1, 0.15) is 85.5 Å². The third kappa shape index (κ3) is 20.8. The van der Waals surface area contributed by atoms with Gasteiger partial charge < -0.3 is 39.6 Å². The van der Waals surface area contributed by atoms with Gasteiger partial charge >= 0.3 is 24.3 Å². The van der Waals surface area contributed by atoms with Crippen molar-refractivity contribution in [3.05, 3.63) is 24.5 Å². The van der Waals surface area contributed by atoms with Gasteiger partial charge in [-0.15, -0.1) is 0 Å². The van der Waals surface area contributed by atoms with Gasteiger partial charge in [0.05, 0.1) is 32.8 Å². The highest BCUT2D eigenvalue weighted by Crippen LogP contribution is 2.45. The molecule has 1 saturated carbocycles. The minimum absolute atomic E-state index is 0.127. The summed E-state index contributed by atoms with van der Waals surface area (Å²) < 4.78 is 63.6. The number of alkyl halides is 3. The highest BCUT2D eigenvalue weighted by atomic mass is 19.3. The number of halogens is 3. The van der Waals surface area contributed by atoms with E-state index in [0.29, 0.717) is 58.1 Å². The summed E-state index contributed by atoms with van der Waals surface area (Å²) in [5.41, 5.74) is 0.387. The van der Waals surface area contributed by atoms with Gasteiger partial charge in [0.25, 0.3) is 0 Å². The van der Waals surface area contributed by atoms with Gasteiger partial charge in [-0.3, -0.25) is 4.79 Å². The number of hydrogen-bond acceptors (Lipinski definition) is 9. The Morgan fingerprint density at radius 1 is 0.851 bits per heavy atom. The number of ether oxygens (including phenoxy) is 5. The lowest BCUT2D eigenvalue weighted by atomic mass is 9.62. The topological polar surface area (TPSA) is 133 Å². The van der Waals surface area contributed by atoms with Gasteiger partial charge in [0.15, 0.2) is 6.61 Å². The molecular formula is C33H56F3N3O8. The second-order valence-electron chi connectivity index (χ2n) is 13.2. The SMILES string of the molecule is C=C(C)C(=C)OCCNC(=O)OCCCCCCCOC(=O)CCNCC1(C)CC(NC(=O)OCC(F)(F)OCCF)CC(C)(C)C1. The number of allylic oxidation sites excluding steroid dienone is 1. The van der Waals surface area contributed by atoms with Crippen molar-refractivity contribution < 1.29 is 51.2 Å². The molecule has 0 aromatic carbocycles. The molecule has 0 aromatic rings. The number of amides is 2. The molecule has 0 bridgehead atoms. The maximum Gasteiger partial charge on any atom is 0.407 e. The van der Waals surface area contributed by atoms with Gasteiger partial charge in [0.1, 0.15) is 19.0 Å². The van der Waals surface area contributed by atoms with Crippen molar-refractivity contribution in [2.24, 2.45) is 10.8 Å². The summed E-state index contributed by atoms with van der Waals surface area (Å²) in [5.74, 6) is 0.207. The van der Waals surface area contributed by atoms with E-state index in [1.807, 2.05) is 0 Å². The molecule has 0 aliphatic heterocycles. The predicted molar refractivity (Wildman–Crippen MR) is 172 cm³/mol. The van der Waals surface area contributed by atoms with Crippen LogP contribution >= 0.6 is 0 Å². The first-order valence-corrected chi connectivity index (χ1v) is 16.3. The maximum absolute atomic E-state index is 13.5. The van der Waals surface area contributed by atoms with Crippen LogP contribution < -0.4 is 16.0 Å². The Labute approximate surface area is 277 Å². The normalized spacial score (nSPS) is 18.9. The second-order valence-corrected chi connectivity index (χ2v) is 13.2. The third-order valence-corrected chi connectivity index (χ3v) is 7.49. The molecule has 1 rings (SSSR count).